The molecule has 1 amide bonds. The Kier molecular flexibility index (Phi) is 10.1. The molecule has 0 radical (unpaired) electrons. The van der Waals surface area contributed by atoms with E-state index >= 15 is 0 Å². The predicted octanol–water partition coefficient (Wildman–Crippen LogP) is 5.14. The monoisotopic (exact) mass is 616 g/mol. The number of ether oxygens (including phenoxy) is 1. The summed E-state index contributed by atoms with van der Waals surface area (Å²) in [5.74, 6) is -1.32. The standard InChI is InChI=1S/C27H30N6O2S.C2HF3O2/c1-3-12-33-14-22(25-30-27(36)32-31-25)24(15-33)29-26(34)18-8-10-20(11-9-18)35-16-19-13-17(2)28-23-7-5-4-6-21(19)23;3-2(4,5)1(6)7/h4-11,13,22,24H,3,12,14-16H2,1-2H3,(H,29,34)(H2,30,31,32,36);(H,6,7). The van der Waals surface area contributed by atoms with Gasteiger partial charge in [-0.05, 0) is 68.5 Å². The maximum atomic E-state index is 13.1. The molecule has 1 aliphatic rings. The zero-order valence-electron chi connectivity index (χ0n) is 23.4. The molecule has 2 unspecified atom stereocenters. The van der Waals surface area contributed by atoms with E-state index in [0.29, 0.717) is 22.7 Å². The number of hydrogen-bond acceptors (Lipinski definition) is 7. The number of H-pyrrole nitrogens is 2. The number of aromatic nitrogens is 4. The number of fused-ring (bicyclic) bond motifs is 1. The number of carbonyl (C=O) groups excluding carboxylic acids is 1. The number of aryl methyl sites for hydroxylation is 1. The minimum absolute atomic E-state index is 0.0506. The molecule has 3 heterocycles. The number of pyridine rings is 1. The highest BCUT2D eigenvalue weighted by Crippen LogP contribution is 2.26. The van der Waals surface area contributed by atoms with Gasteiger partial charge in [0.15, 0.2) is 0 Å². The molecule has 14 heteroatoms. The highest BCUT2D eigenvalue weighted by atomic mass is 32.1. The van der Waals surface area contributed by atoms with Gasteiger partial charge in [-0.3, -0.25) is 20.0 Å². The molecular weight excluding hydrogens is 585 g/mol. The first kappa shape index (κ1) is 31.6. The number of likely N-dealkylation sites (tertiary alicyclic amines) is 1. The fraction of sp³-hybridized carbons (Fsp3) is 0.345. The molecule has 228 valence electrons. The van der Waals surface area contributed by atoms with Crippen molar-refractivity contribution in [3.05, 3.63) is 82.0 Å². The smallest absolute Gasteiger partial charge is 0.489 e. The largest absolute Gasteiger partial charge is 0.490 e. The highest BCUT2D eigenvalue weighted by Gasteiger charge is 2.38. The summed E-state index contributed by atoms with van der Waals surface area (Å²) in [6.45, 7) is 7.15. The van der Waals surface area contributed by atoms with Gasteiger partial charge in [-0.1, -0.05) is 25.1 Å². The van der Waals surface area contributed by atoms with E-state index in [9.17, 15) is 18.0 Å². The quantitative estimate of drug-likeness (QED) is 0.200. The van der Waals surface area contributed by atoms with Gasteiger partial charge in [0.25, 0.3) is 5.91 Å². The number of amides is 1. The average Bonchev–Trinajstić information content (AvgIpc) is 3.57. The lowest BCUT2D eigenvalue weighted by Gasteiger charge is -2.18. The maximum Gasteiger partial charge on any atom is 0.490 e. The first-order valence-corrected chi connectivity index (χ1v) is 13.9. The number of carboxylic acids is 1. The van der Waals surface area contributed by atoms with Crippen molar-refractivity contribution >= 4 is 35.0 Å². The minimum Gasteiger partial charge on any atom is -0.489 e. The Morgan fingerprint density at radius 3 is 2.44 bits per heavy atom. The Bertz CT molecular complexity index is 1620. The van der Waals surface area contributed by atoms with Gasteiger partial charge >= 0.3 is 12.1 Å². The van der Waals surface area contributed by atoms with Crippen molar-refractivity contribution in [1.29, 1.82) is 0 Å². The molecule has 1 saturated heterocycles. The average molecular weight is 617 g/mol. The normalized spacial score (nSPS) is 16.9. The summed E-state index contributed by atoms with van der Waals surface area (Å²) in [5, 5.41) is 17.4. The van der Waals surface area contributed by atoms with Crippen LogP contribution in [0.15, 0.2) is 54.6 Å². The van der Waals surface area contributed by atoms with E-state index in [1.165, 1.54) is 0 Å². The molecule has 4 N–H and O–H groups in total. The van der Waals surface area contributed by atoms with E-state index in [1.807, 2.05) is 37.3 Å². The zero-order valence-corrected chi connectivity index (χ0v) is 24.3. The first-order valence-electron chi connectivity index (χ1n) is 13.5. The molecule has 5 rings (SSSR count). The number of alkyl halides is 3. The third kappa shape index (κ3) is 8.38. The van der Waals surface area contributed by atoms with Gasteiger partial charge in [-0.2, -0.15) is 13.2 Å². The van der Waals surface area contributed by atoms with Gasteiger partial charge in [-0.25, -0.2) is 9.78 Å². The SMILES string of the molecule is CCCN1CC(NC(=O)c2ccc(OCc3cc(C)nc4ccccc34)cc2)C(c2nc(=S)[nH][nH]2)C1.O=C(O)C(F)(F)F. The lowest BCUT2D eigenvalue weighted by molar-refractivity contribution is -0.192. The van der Waals surface area contributed by atoms with Crippen LogP contribution in [0.1, 0.15) is 46.7 Å². The molecule has 2 aromatic heterocycles. The van der Waals surface area contributed by atoms with Crippen LogP contribution in [0.3, 0.4) is 0 Å². The molecule has 0 saturated carbocycles. The molecule has 10 nitrogen and oxygen atoms in total. The number of hydrogen-bond donors (Lipinski definition) is 4. The predicted molar refractivity (Wildman–Crippen MR) is 155 cm³/mol. The Hall–Kier alpha value is -4.30. The van der Waals surface area contributed by atoms with Crippen LogP contribution < -0.4 is 10.1 Å². The Morgan fingerprint density at radius 1 is 1.12 bits per heavy atom. The maximum absolute atomic E-state index is 13.1. The second-order valence-corrected chi connectivity index (χ2v) is 10.4. The van der Waals surface area contributed by atoms with E-state index < -0.39 is 12.1 Å². The molecule has 0 spiro atoms. The Balaban J connectivity index is 0.000000541. The van der Waals surface area contributed by atoms with Crippen molar-refractivity contribution in [2.75, 3.05) is 19.6 Å². The third-order valence-corrected chi connectivity index (χ3v) is 7.00. The van der Waals surface area contributed by atoms with Crippen LogP contribution in [-0.4, -0.2) is 73.9 Å². The van der Waals surface area contributed by atoms with E-state index in [4.69, 9.17) is 26.9 Å². The van der Waals surface area contributed by atoms with Crippen molar-refractivity contribution in [3.63, 3.8) is 0 Å². The number of halogens is 3. The number of carbonyl (C=O) groups is 2. The number of carboxylic acid groups (broad SMARTS) is 1. The van der Waals surface area contributed by atoms with E-state index in [0.717, 1.165) is 54.0 Å². The molecule has 43 heavy (non-hydrogen) atoms. The topological polar surface area (TPSA) is 136 Å². The van der Waals surface area contributed by atoms with Crippen molar-refractivity contribution in [2.45, 2.75) is 45.0 Å². The number of nitrogens with zero attached hydrogens (tertiary/aromatic N) is 3. The summed E-state index contributed by atoms with van der Waals surface area (Å²) in [7, 11) is 0. The fourth-order valence-corrected chi connectivity index (χ4v) is 5.04. The molecular formula is C29H31F3N6O4S. The van der Waals surface area contributed by atoms with Crippen molar-refractivity contribution in [3.8, 4) is 5.75 Å². The number of para-hydroxylation sites is 1. The number of nitrogens with one attached hydrogen (secondary N) is 3. The first-order chi connectivity index (χ1) is 20.4. The summed E-state index contributed by atoms with van der Waals surface area (Å²) in [6.07, 6.45) is -4.03. The third-order valence-electron chi connectivity index (χ3n) is 6.81. The fourth-order valence-electron chi connectivity index (χ4n) is 4.90. The molecule has 0 aliphatic carbocycles. The van der Waals surface area contributed by atoms with Crippen LogP contribution in [0.2, 0.25) is 0 Å². The molecule has 0 bridgehead atoms. The van der Waals surface area contributed by atoms with E-state index in [-0.39, 0.29) is 17.9 Å². The number of rotatable bonds is 8. The summed E-state index contributed by atoms with van der Waals surface area (Å²) in [4.78, 5) is 33.3. The second-order valence-electron chi connectivity index (χ2n) is 10.1. The molecule has 4 aromatic rings. The number of aliphatic carboxylic acids is 1. The van der Waals surface area contributed by atoms with Crippen LogP contribution in [0.25, 0.3) is 10.9 Å². The van der Waals surface area contributed by atoms with Crippen molar-refractivity contribution < 1.29 is 32.6 Å². The lowest BCUT2D eigenvalue weighted by Crippen LogP contribution is -2.40. The van der Waals surface area contributed by atoms with E-state index in [1.54, 1.807) is 12.1 Å². The van der Waals surface area contributed by atoms with E-state index in [2.05, 4.69) is 49.4 Å². The van der Waals surface area contributed by atoms with Crippen LogP contribution in [-0.2, 0) is 11.4 Å². The molecule has 2 atom stereocenters. The minimum atomic E-state index is -5.08. The van der Waals surface area contributed by atoms with Gasteiger partial charge in [0.2, 0.25) is 4.77 Å². The summed E-state index contributed by atoms with van der Waals surface area (Å²) in [5.41, 5.74) is 3.59. The summed E-state index contributed by atoms with van der Waals surface area (Å²) < 4.78 is 38.2. The Morgan fingerprint density at radius 2 is 1.81 bits per heavy atom. The molecule has 1 fully saturated rings. The van der Waals surface area contributed by atoms with Crippen LogP contribution in [0.4, 0.5) is 13.2 Å². The van der Waals surface area contributed by atoms with Crippen molar-refractivity contribution in [1.82, 2.24) is 30.4 Å². The van der Waals surface area contributed by atoms with Crippen LogP contribution in [0, 0.1) is 11.7 Å². The molecule has 2 aromatic carbocycles. The van der Waals surface area contributed by atoms with Crippen LogP contribution >= 0.6 is 12.2 Å². The van der Waals surface area contributed by atoms with Gasteiger partial charge in [0.1, 0.15) is 18.2 Å². The van der Waals surface area contributed by atoms with Crippen LogP contribution in [0.5, 0.6) is 5.75 Å². The van der Waals surface area contributed by atoms with Crippen molar-refractivity contribution in [2.24, 2.45) is 0 Å². The lowest BCUT2D eigenvalue weighted by atomic mass is 10.0. The molecule has 1 aliphatic heterocycles. The number of aromatic amines is 2. The highest BCUT2D eigenvalue weighted by molar-refractivity contribution is 7.71. The number of benzene rings is 2. The van der Waals surface area contributed by atoms with Gasteiger partial charge in [-0.15, -0.1) is 0 Å². The van der Waals surface area contributed by atoms with Gasteiger partial charge in [0.05, 0.1) is 17.5 Å². The summed E-state index contributed by atoms with van der Waals surface area (Å²) in [6, 6.07) is 17.3. The Labute approximate surface area is 250 Å². The van der Waals surface area contributed by atoms with Gasteiger partial charge in [0, 0.05) is 35.3 Å². The zero-order chi connectivity index (χ0) is 31.1. The summed E-state index contributed by atoms with van der Waals surface area (Å²) >= 11 is 5.13. The van der Waals surface area contributed by atoms with Gasteiger partial charge < -0.3 is 20.1 Å². The second kappa shape index (κ2) is 13.8.